The lowest BCUT2D eigenvalue weighted by atomic mass is 10.0. The lowest BCUT2D eigenvalue weighted by Gasteiger charge is -2.37. The van der Waals surface area contributed by atoms with E-state index >= 15 is 0 Å². The van der Waals surface area contributed by atoms with Crippen molar-refractivity contribution < 1.29 is 0 Å². The van der Waals surface area contributed by atoms with Crippen molar-refractivity contribution >= 4 is 5.96 Å². The second-order valence-electron chi connectivity index (χ2n) is 8.27. The first-order chi connectivity index (χ1) is 13.7. The van der Waals surface area contributed by atoms with Crippen molar-refractivity contribution in [2.24, 2.45) is 4.99 Å². The van der Waals surface area contributed by atoms with Crippen LogP contribution in [-0.2, 0) is 0 Å². The van der Waals surface area contributed by atoms with Crippen LogP contribution in [0.25, 0.3) is 0 Å². The Balaban J connectivity index is 1.42. The molecule has 156 valence electrons. The topological polar surface area (TPSA) is 42.9 Å². The Hall–Kier alpha value is -1.59. The van der Waals surface area contributed by atoms with Gasteiger partial charge < -0.3 is 10.6 Å². The van der Waals surface area contributed by atoms with Gasteiger partial charge in [-0.25, -0.2) is 0 Å². The molecule has 2 unspecified atom stereocenters. The number of rotatable bonds is 6. The van der Waals surface area contributed by atoms with Crippen LogP contribution in [0.5, 0.6) is 0 Å². The molecule has 0 radical (unpaired) electrons. The first-order valence-corrected chi connectivity index (χ1v) is 11.2. The van der Waals surface area contributed by atoms with Gasteiger partial charge in [0.15, 0.2) is 5.96 Å². The van der Waals surface area contributed by atoms with Gasteiger partial charge in [0.25, 0.3) is 0 Å². The van der Waals surface area contributed by atoms with E-state index in [1.807, 2.05) is 7.05 Å². The number of guanidine groups is 1. The third-order valence-corrected chi connectivity index (χ3v) is 6.58. The van der Waals surface area contributed by atoms with Gasteiger partial charge in [-0.1, -0.05) is 43.7 Å². The highest BCUT2D eigenvalue weighted by Gasteiger charge is 2.25. The van der Waals surface area contributed by atoms with Crippen molar-refractivity contribution in [3.05, 3.63) is 35.9 Å². The van der Waals surface area contributed by atoms with Crippen LogP contribution in [0.2, 0.25) is 0 Å². The van der Waals surface area contributed by atoms with Crippen LogP contribution >= 0.6 is 0 Å². The predicted molar refractivity (Wildman–Crippen MR) is 119 cm³/mol. The van der Waals surface area contributed by atoms with E-state index in [2.05, 4.69) is 69.6 Å². The average Bonchev–Trinajstić information content (AvgIpc) is 2.77. The molecule has 2 aliphatic rings. The summed E-state index contributed by atoms with van der Waals surface area (Å²) in [7, 11) is 1.89. The molecule has 3 rings (SSSR count). The lowest BCUT2D eigenvalue weighted by Crippen LogP contribution is -2.52. The van der Waals surface area contributed by atoms with Crippen LogP contribution < -0.4 is 10.6 Å². The lowest BCUT2D eigenvalue weighted by molar-refractivity contribution is 0.154. The molecule has 2 atom stereocenters. The molecule has 0 aromatic heterocycles. The molecule has 1 aromatic rings. The molecule has 5 nitrogen and oxygen atoms in total. The normalized spacial score (nSPS) is 24.1. The first kappa shape index (κ1) is 21.1. The van der Waals surface area contributed by atoms with Gasteiger partial charge in [0, 0.05) is 44.8 Å². The van der Waals surface area contributed by atoms with Crippen LogP contribution in [0.1, 0.15) is 57.6 Å². The summed E-state index contributed by atoms with van der Waals surface area (Å²) >= 11 is 0. The van der Waals surface area contributed by atoms with Crippen molar-refractivity contribution in [2.45, 2.75) is 64.1 Å². The third kappa shape index (κ3) is 5.71. The minimum atomic E-state index is 0.492. The predicted octanol–water partition coefficient (Wildman–Crippen LogP) is 3.25. The van der Waals surface area contributed by atoms with E-state index < -0.39 is 0 Å². The molecule has 0 aliphatic carbocycles. The zero-order chi connectivity index (χ0) is 19.8. The van der Waals surface area contributed by atoms with E-state index in [-0.39, 0.29) is 0 Å². The number of benzene rings is 1. The number of aliphatic imine (C=N–C) groups is 1. The maximum atomic E-state index is 4.48. The van der Waals surface area contributed by atoms with Crippen LogP contribution in [0.4, 0.5) is 0 Å². The quantitative estimate of drug-likeness (QED) is 0.583. The molecule has 28 heavy (non-hydrogen) atoms. The summed E-state index contributed by atoms with van der Waals surface area (Å²) in [5.74, 6) is 0.969. The summed E-state index contributed by atoms with van der Waals surface area (Å²) in [5.41, 5.74) is 1.42. The second kappa shape index (κ2) is 10.8. The Kier molecular flexibility index (Phi) is 8.16. The van der Waals surface area contributed by atoms with Crippen LogP contribution in [0, 0.1) is 0 Å². The molecule has 0 spiro atoms. The van der Waals surface area contributed by atoms with Crippen molar-refractivity contribution in [3.63, 3.8) is 0 Å². The fraction of sp³-hybridized carbons (Fsp3) is 0.696. The first-order valence-electron chi connectivity index (χ1n) is 11.2. The summed E-state index contributed by atoms with van der Waals surface area (Å²) in [6.07, 6.45) is 6.34. The Morgan fingerprint density at radius 2 is 1.86 bits per heavy atom. The fourth-order valence-corrected chi connectivity index (χ4v) is 4.68. The van der Waals surface area contributed by atoms with Gasteiger partial charge in [-0.2, -0.15) is 0 Å². The molecule has 2 aliphatic heterocycles. The standard InChI is InChI=1S/C23H39N5/c1-4-27-15-9-8-12-22(27)18-25-23(24-3)26-21-13-16-28(17-14-21)19(2)20-10-6-5-7-11-20/h5-7,10-11,19,21-22H,4,8-9,12-18H2,1-3H3,(H2,24,25,26). The summed E-state index contributed by atoms with van der Waals surface area (Å²) in [4.78, 5) is 9.69. The Bertz CT molecular complexity index is 594. The molecule has 2 N–H and O–H groups in total. The maximum Gasteiger partial charge on any atom is 0.191 e. The highest BCUT2D eigenvalue weighted by molar-refractivity contribution is 5.80. The van der Waals surface area contributed by atoms with Gasteiger partial charge in [0.05, 0.1) is 0 Å². The van der Waals surface area contributed by atoms with Crippen molar-refractivity contribution in [1.82, 2.24) is 20.4 Å². The third-order valence-electron chi connectivity index (χ3n) is 6.58. The van der Waals surface area contributed by atoms with E-state index in [1.165, 1.54) is 44.2 Å². The molecule has 0 bridgehead atoms. The molecule has 5 heteroatoms. The zero-order valence-corrected chi connectivity index (χ0v) is 18.0. The largest absolute Gasteiger partial charge is 0.355 e. The Labute approximate surface area is 171 Å². The number of nitrogens with one attached hydrogen (secondary N) is 2. The molecule has 2 fully saturated rings. The van der Waals surface area contributed by atoms with Gasteiger partial charge in [-0.05, 0) is 51.3 Å². The highest BCUT2D eigenvalue weighted by Crippen LogP contribution is 2.24. The molecule has 0 saturated carbocycles. The van der Waals surface area contributed by atoms with Crippen LogP contribution in [0.3, 0.4) is 0 Å². The summed E-state index contributed by atoms with van der Waals surface area (Å²) in [6.45, 7) is 10.3. The summed E-state index contributed by atoms with van der Waals surface area (Å²) < 4.78 is 0. The zero-order valence-electron chi connectivity index (χ0n) is 18.0. The van der Waals surface area contributed by atoms with Gasteiger partial charge in [-0.15, -0.1) is 0 Å². The van der Waals surface area contributed by atoms with E-state index in [9.17, 15) is 0 Å². The summed E-state index contributed by atoms with van der Waals surface area (Å²) in [6, 6.07) is 12.5. The summed E-state index contributed by atoms with van der Waals surface area (Å²) in [5, 5.41) is 7.27. The van der Waals surface area contributed by atoms with Gasteiger partial charge in [0.2, 0.25) is 0 Å². The molecule has 2 heterocycles. The van der Waals surface area contributed by atoms with Crippen molar-refractivity contribution in [3.8, 4) is 0 Å². The second-order valence-corrected chi connectivity index (χ2v) is 8.27. The molecule has 1 aromatic carbocycles. The van der Waals surface area contributed by atoms with Crippen molar-refractivity contribution in [2.75, 3.05) is 39.8 Å². The number of hydrogen-bond donors (Lipinski definition) is 2. The number of piperidine rings is 2. The number of likely N-dealkylation sites (tertiary alicyclic amines) is 2. The van der Waals surface area contributed by atoms with Crippen LogP contribution in [-0.4, -0.2) is 67.6 Å². The maximum absolute atomic E-state index is 4.48. The molecular weight excluding hydrogens is 346 g/mol. The monoisotopic (exact) mass is 385 g/mol. The smallest absolute Gasteiger partial charge is 0.191 e. The molecule has 2 saturated heterocycles. The fourth-order valence-electron chi connectivity index (χ4n) is 4.68. The van der Waals surface area contributed by atoms with Gasteiger partial charge in [0.1, 0.15) is 0 Å². The Morgan fingerprint density at radius 3 is 2.54 bits per heavy atom. The highest BCUT2D eigenvalue weighted by atomic mass is 15.2. The SMILES string of the molecule is CCN1CCCCC1CNC(=NC)NC1CCN(C(C)c2ccccc2)CC1. The number of nitrogens with zero attached hydrogens (tertiary/aromatic N) is 3. The number of likely N-dealkylation sites (N-methyl/N-ethyl adjacent to an activating group) is 1. The van der Waals surface area contributed by atoms with E-state index in [0.717, 1.165) is 32.1 Å². The van der Waals surface area contributed by atoms with E-state index in [0.29, 0.717) is 18.1 Å². The number of hydrogen-bond acceptors (Lipinski definition) is 3. The Morgan fingerprint density at radius 1 is 1.11 bits per heavy atom. The average molecular weight is 386 g/mol. The van der Waals surface area contributed by atoms with E-state index in [1.54, 1.807) is 0 Å². The minimum Gasteiger partial charge on any atom is -0.355 e. The van der Waals surface area contributed by atoms with Crippen LogP contribution in [0.15, 0.2) is 35.3 Å². The van der Waals surface area contributed by atoms with Crippen molar-refractivity contribution in [1.29, 1.82) is 0 Å². The minimum absolute atomic E-state index is 0.492. The molecule has 0 amide bonds. The van der Waals surface area contributed by atoms with Gasteiger partial charge in [-0.3, -0.25) is 14.8 Å². The van der Waals surface area contributed by atoms with E-state index in [4.69, 9.17) is 0 Å². The van der Waals surface area contributed by atoms with Gasteiger partial charge >= 0.3 is 0 Å². The molecular formula is C23H39N5.